The number of H-pyrrole nitrogens is 1. The van der Waals surface area contributed by atoms with Gasteiger partial charge in [0.15, 0.2) is 0 Å². The standard InChI is InChI=1S/C11H18N2O2/c1-13(11(15)3-2-8-14)7-5-10-4-6-12-9-10/h4,6,9,12,14H,2-3,5,7-8H2,1H3. The summed E-state index contributed by atoms with van der Waals surface area (Å²) in [5.74, 6) is 0.0968. The highest BCUT2D eigenvalue weighted by molar-refractivity contribution is 5.75. The van der Waals surface area contributed by atoms with Gasteiger partial charge in [0, 0.05) is 39.0 Å². The van der Waals surface area contributed by atoms with Crippen LogP contribution >= 0.6 is 0 Å². The topological polar surface area (TPSA) is 56.3 Å². The lowest BCUT2D eigenvalue weighted by molar-refractivity contribution is -0.130. The normalized spacial score (nSPS) is 10.3. The summed E-state index contributed by atoms with van der Waals surface area (Å²) in [5, 5.41) is 8.60. The van der Waals surface area contributed by atoms with Crippen molar-refractivity contribution in [3.05, 3.63) is 24.0 Å². The number of likely N-dealkylation sites (N-methyl/N-ethyl adjacent to an activating group) is 1. The molecule has 1 heterocycles. The van der Waals surface area contributed by atoms with Crippen LogP contribution in [0.5, 0.6) is 0 Å². The number of nitrogens with zero attached hydrogens (tertiary/aromatic N) is 1. The highest BCUT2D eigenvalue weighted by Crippen LogP contribution is 2.01. The van der Waals surface area contributed by atoms with E-state index in [1.165, 1.54) is 5.56 Å². The van der Waals surface area contributed by atoms with Crippen LogP contribution in [0.25, 0.3) is 0 Å². The first-order chi connectivity index (χ1) is 7.24. The molecular formula is C11H18N2O2. The van der Waals surface area contributed by atoms with E-state index in [0.29, 0.717) is 12.8 Å². The van der Waals surface area contributed by atoms with Crippen molar-refractivity contribution in [3.8, 4) is 0 Å². The number of hydrogen-bond donors (Lipinski definition) is 2. The van der Waals surface area contributed by atoms with E-state index in [0.717, 1.165) is 13.0 Å². The molecule has 0 aromatic carbocycles. The number of hydrogen-bond acceptors (Lipinski definition) is 2. The van der Waals surface area contributed by atoms with Crippen LogP contribution in [0.4, 0.5) is 0 Å². The monoisotopic (exact) mass is 210 g/mol. The molecule has 4 nitrogen and oxygen atoms in total. The Kier molecular flexibility index (Phi) is 4.90. The molecule has 84 valence electrons. The Morgan fingerprint density at radius 3 is 3.00 bits per heavy atom. The maximum Gasteiger partial charge on any atom is 0.222 e. The van der Waals surface area contributed by atoms with Gasteiger partial charge in [-0.1, -0.05) is 0 Å². The van der Waals surface area contributed by atoms with E-state index in [1.54, 1.807) is 11.9 Å². The van der Waals surface area contributed by atoms with Crippen molar-refractivity contribution < 1.29 is 9.90 Å². The molecule has 2 N–H and O–H groups in total. The number of nitrogens with one attached hydrogen (secondary N) is 1. The minimum atomic E-state index is 0.0807. The summed E-state index contributed by atoms with van der Waals surface area (Å²) in [6.07, 6.45) is 5.66. The quantitative estimate of drug-likeness (QED) is 0.729. The fourth-order valence-electron chi connectivity index (χ4n) is 1.36. The molecule has 1 aromatic rings. The molecule has 15 heavy (non-hydrogen) atoms. The Labute approximate surface area is 89.9 Å². The van der Waals surface area contributed by atoms with E-state index < -0.39 is 0 Å². The number of aromatic amines is 1. The Bertz CT molecular complexity index is 283. The van der Waals surface area contributed by atoms with Gasteiger partial charge >= 0.3 is 0 Å². The average Bonchev–Trinajstić information content (AvgIpc) is 2.75. The van der Waals surface area contributed by atoms with Crippen molar-refractivity contribution >= 4 is 5.91 Å². The molecule has 0 saturated carbocycles. The smallest absolute Gasteiger partial charge is 0.222 e. The first-order valence-corrected chi connectivity index (χ1v) is 5.20. The molecule has 0 saturated heterocycles. The summed E-state index contributed by atoms with van der Waals surface area (Å²) >= 11 is 0. The van der Waals surface area contributed by atoms with Gasteiger partial charge in [0.1, 0.15) is 0 Å². The summed E-state index contributed by atoms with van der Waals surface area (Å²) < 4.78 is 0. The summed E-state index contributed by atoms with van der Waals surface area (Å²) in [4.78, 5) is 16.2. The van der Waals surface area contributed by atoms with Crippen LogP contribution in [0.1, 0.15) is 18.4 Å². The maximum atomic E-state index is 11.5. The van der Waals surface area contributed by atoms with Gasteiger partial charge in [-0.25, -0.2) is 0 Å². The minimum Gasteiger partial charge on any atom is -0.396 e. The zero-order valence-electron chi connectivity index (χ0n) is 9.07. The van der Waals surface area contributed by atoms with Crippen molar-refractivity contribution in [1.29, 1.82) is 0 Å². The molecule has 0 unspecified atom stereocenters. The number of carbonyl (C=O) groups is 1. The molecule has 0 atom stereocenters. The Morgan fingerprint density at radius 2 is 2.40 bits per heavy atom. The summed E-state index contributed by atoms with van der Waals surface area (Å²) in [6, 6.07) is 2.01. The van der Waals surface area contributed by atoms with Gasteiger partial charge < -0.3 is 15.0 Å². The first kappa shape index (κ1) is 11.8. The Balaban J connectivity index is 2.23. The fraction of sp³-hybridized carbons (Fsp3) is 0.545. The van der Waals surface area contributed by atoms with E-state index in [-0.39, 0.29) is 12.5 Å². The Morgan fingerprint density at radius 1 is 1.60 bits per heavy atom. The third-order valence-electron chi connectivity index (χ3n) is 2.37. The second-order valence-corrected chi connectivity index (χ2v) is 3.61. The van der Waals surface area contributed by atoms with Crippen LogP contribution in [0.3, 0.4) is 0 Å². The fourth-order valence-corrected chi connectivity index (χ4v) is 1.36. The zero-order valence-corrected chi connectivity index (χ0v) is 9.07. The van der Waals surface area contributed by atoms with E-state index >= 15 is 0 Å². The van der Waals surface area contributed by atoms with Crippen LogP contribution in [0.2, 0.25) is 0 Å². The number of aliphatic hydroxyl groups excluding tert-OH is 1. The third kappa shape index (κ3) is 4.16. The molecule has 0 bridgehead atoms. The van der Waals surface area contributed by atoms with Gasteiger partial charge in [0.05, 0.1) is 0 Å². The highest BCUT2D eigenvalue weighted by Gasteiger charge is 2.07. The van der Waals surface area contributed by atoms with Gasteiger partial charge in [-0.2, -0.15) is 0 Å². The van der Waals surface area contributed by atoms with Gasteiger partial charge in [0.25, 0.3) is 0 Å². The number of aromatic nitrogens is 1. The van der Waals surface area contributed by atoms with Crippen molar-refractivity contribution in [2.24, 2.45) is 0 Å². The molecule has 0 aliphatic rings. The predicted molar refractivity (Wildman–Crippen MR) is 58.5 cm³/mol. The predicted octanol–water partition coefficient (Wildman–Crippen LogP) is 0.788. The van der Waals surface area contributed by atoms with Gasteiger partial charge in [-0.15, -0.1) is 0 Å². The molecule has 0 aliphatic carbocycles. The zero-order chi connectivity index (χ0) is 11.1. The van der Waals surface area contributed by atoms with Crippen molar-refractivity contribution in [1.82, 2.24) is 9.88 Å². The van der Waals surface area contributed by atoms with Crippen molar-refractivity contribution in [3.63, 3.8) is 0 Å². The minimum absolute atomic E-state index is 0.0807. The molecule has 0 spiro atoms. The van der Waals surface area contributed by atoms with Gasteiger partial charge in [-0.05, 0) is 24.5 Å². The molecule has 4 heteroatoms. The van der Waals surface area contributed by atoms with E-state index in [9.17, 15) is 4.79 Å². The van der Waals surface area contributed by atoms with Crippen LogP contribution in [0.15, 0.2) is 18.5 Å². The lowest BCUT2D eigenvalue weighted by Gasteiger charge is -2.16. The number of carbonyl (C=O) groups excluding carboxylic acids is 1. The third-order valence-corrected chi connectivity index (χ3v) is 2.37. The second-order valence-electron chi connectivity index (χ2n) is 3.61. The van der Waals surface area contributed by atoms with Gasteiger partial charge in [-0.3, -0.25) is 4.79 Å². The van der Waals surface area contributed by atoms with E-state index in [2.05, 4.69) is 4.98 Å². The molecule has 1 aromatic heterocycles. The molecule has 1 rings (SSSR count). The average molecular weight is 210 g/mol. The molecule has 1 amide bonds. The maximum absolute atomic E-state index is 11.5. The van der Waals surface area contributed by atoms with Crippen LogP contribution in [0, 0.1) is 0 Å². The number of amides is 1. The van der Waals surface area contributed by atoms with Crippen LogP contribution in [-0.4, -0.2) is 41.1 Å². The summed E-state index contributed by atoms with van der Waals surface area (Å²) in [5.41, 5.74) is 1.21. The lowest BCUT2D eigenvalue weighted by atomic mass is 10.2. The SMILES string of the molecule is CN(CCc1cc[nH]c1)C(=O)CCCO. The van der Waals surface area contributed by atoms with Crippen LogP contribution < -0.4 is 0 Å². The van der Waals surface area contributed by atoms with E-state index in [4.69, 9.17) is 5.11 Å². The first-order valence-electron chi connectivity index (χ1n) is 5.20. The molecular weight excluding hydrogens is 192 g/mol. The summed E-state index contributed by atoms with van der Waals surface area (Å²) in [7, 11) is 1.80. The van der Waals surface area contributed by atoms with E-state index in [1.807, 2.05) is 18.5 Å². The lowest BCUT2D eigenvalue weighted by Crippen LogP contribution is -2.28. The van der Waals surface area contributed by atoms with Crippen molar-refractivity contribution in [2.45, 2.75) is 19.3 Å². The number of aliphatic hydroxyl groups is 1. The van der Waals surface area contributed by atoms with Crippen LogP contribution in [-0.2, 0) is 11.2 Å². The molecule has 0 aliphatic heterocycles. The highest BCUT2D eigenvalue weighted by atomic mass is 16.3. The van der Waals surface area contributed by atoms with Gasteiger partial charge in [0.2, 0.25) is 5.91 Å². The number of rotatable bonds is 6. The summed E-state index contributed by atoms with van der Waals surface area (Å²) in [6.45, 7) is 0.805. The second kappa shape index (κ2) is 6.24. The Hall–Kier alpha value is -1.29. The molecule has 0 radical (unpaired) electrons. The largest absolute Gasteiger partial charge is 0.396 e. The van der Waals surface area contributed by atoms with Crippen molar-refractivity contribution in [2.75, 3.05) is 20.2 Å². The molecule has 0 fully saturated rings.